The summed E-state index contributed by atoms with van der Waals surface area (Å²) in [5, 5.41) is 8.73. The van der Waals surface area contributed by atoms with E-state index in [-0.39, 0.29) is 11.3 Å². The predicted octanol–water partition coefficient (Wildman–Crippen LogP) is 0.902. The molecule has 132 valence electrons. The molecule has 23 heavy (non-hydrogen) atoms. The molecule has 2 aliphatic rings. The Kier molecular flexibility index (Phi) is 5.06. The van der Waals surface area contributed by atoms with Gasteiger partial charge in [-0.05, 0) is 45.4 Å². The average Bonchev–Trinajstić information content (AvgIpc) is 2.49. The van der Waals surface area contributed by atoms with Crippen molar-refractivity contribution >= 4 is 21.9 Å². The Morgan fingerprint density at radius 2 is 1.74 bits per heavy atom. The second kappa shape index (κ2) is 6.39. The first kappa shape index (κ1) is 18.2. The van der Waals surface area contributed by atoms with Crippen molar-refractivity contribution in [3.8, 4) is 0 Å². The number of rotatable bonds is 4. The van der Waals surface area contributed by atoms with Crippen molar-refractivity contribution < 1.29 is 23.1 Å². The monoisotopic (exact) mass is 346 g/mol. The van der Waals surface area contributed by atoms with Gasteiger partial charge in [-0.2, -0.15) is 0 Å². The van der Waals surface area contributed by atoms with Gasteiger partial charge in [0.05, 0.1) is 5.25 Å². The topological polar surface area (TPSA) is 95.0 Å². The highest BCUT2D eigenvalue weighted by atomic mass is 32.2. The minimum atomic E-state index is -3.25. The van der Waals surface area contributed by atoms with Gasteiger partial charge in [0.15, 0.2) is 0 Å². The molecule has 2 aliphatic heterocycles. The fraction of sp³-hybridized carbons (Fsp3) is 0.867. The van der Waals surface area contributed by atoms with Crippen LogP contribution in [-0.4, -0.2) is 65.5 Å². The van der Waals surface area contributed by atoms with E-state index in [1.54, 1.807) is 13.8 Å². The van der Waals surface area contributed by atoms with Crippen molar-refractivity contribution in [3.05, 3.63) is 0 Å². The number of hydrogen-bond acceptors (Lipinski definition) is 4. The maximum atomic E-state index is 12.3. The summed E-state index contributed by atoms with van der Waals surface area (Å²) < 4.78 is 26.0. The number of carbonyl (C=O) groups excluding carboxylic acids is 1. The number of carboxylic acids is 1. The van der Waals surface area contributed by atoms with E-state index in [0.29, 0.717) is 45.3 Å². The highest BCUT2D eigenvalue weighted by Gasteiger charge is 2.45. The lowest BCUT2D eigenvalue weighted by atomic mass is 9.72. The summed E-state index contributed by atoms with van der Waals surface area (Å²) in [6.45, 7) is 6.19. The molecular weight excluding hydrogens is 320 g/mol. The van der Waals surface area contributed by atoms with Crippen LogP contribution in [0, 0.1) is 5.41 Å². The molecule has 0 bridgehead atoms. The van der Waals surface area contributed by atoms with E-state index < -0.39 is 27.3 Å². The van der Waals surface area contributed by atoms with Gasteiger partial charge in [0, 0.05) is 26.1 Å². The van der Waals surface area contributed by atoms with Crippen molar-refractivity contribution in [1.82, 2.24) is 9.21 Å². The zero-order chi connectivity index (χ0) is 17.4. The van der Waals surface area contributed by atoms with Crippen LogP contribution in [0.3, 0.4) is 0 Å². The second-order valence-corrected chi connectivity index (χ2v) is 9.52. The number of likely N-dealkylation sites (tertiary alicyclic amines) is 1. The van der Waals surface area contributed by atoms with E-state index in [0.717, 1.165) is 0 Å². The summed E-state index contributed by atoms with van der Waals surface area (Å²) >= 11 is 0. The van der Waals surface area contributed by atoms with Crippen LogP contribution in [-0.2, 0) is 19.6 Å². The first-order valence-corrected chi connectivity index (χ1v) is 9.61. The van der Waals surface area contributed by atoms with E-state index in [1.807, 2.05) is 0 Å². The van der Waals surface area contributed by atoms with Crippen molar-refractivity contribution in [2.45, 2.75) is 57.7 Å². The largest absolute Gasteiger partial charge is 0.480 e. The molecule has 0 radical (unpaired) electrons. The minimum absolute atomic E-state index is 0.122. The Morgan fingerprint density at radius 3 is 2.22 bits per heavy atom. The van der Waals surface area contributed by atoms with Crippen molar-refractivity contribution in [2.24, 2.45) is 5.41 Å². The average molecular weight is 346 g/mol. The molecule has 2 saturated heterocycles. The molecule has 1 amide bonds. The Morgan fingerprint density at radius 1 is 1.17 bits per heavy atom. The molecule has 2 heterocycles. The van der Waals surface area contributed by atoms with E-state index in [9.17, 15) is 18.0 Å². The first-order valence-electron chi connectivity index (χ1n) is 8.10. The van der Waals surface area contributed by atoms with Crippen LogP contribution in [0.5, 0.6) is 0 Å². The SMILES string of the molecule is CC(C)S(=O)(=O)N1CCC2(CCC(=O)N([C@H](C)C(=O)O)C2)CC1. The normalized spacial score (nSPS) is 24.2. The van der Waals surface area contributed by atoms with Gasteiger partial charge in [0.2, 0.25) is 15.9 Å². The molecule has 1 atom stereocenters. The van der Waals surface area contributed by atoms with Crippen LogP contribution in [0.25, 0.3) is 0 Å². The fourth-order valence-corrected chi connectivity index (χ4v) is 4.74. The van der Waals surface area contributed by atoms with Crippen LogP contribution in [0.4, 0.5) is 0 Å². The summed E-state index contributed by atoms with van der Waals surface area (Å²) in [5.41, 5.74) is -0.152. The summed E-state index contributed by atoms with van der Waals surface area (Å²) in [5.74, 6) is -1.13. The number of carbonyl (C=O) groups is 2. The molecule has 8 heteroatoms. The van der Waals surface area contributed by atoms with E-state index >= 15 is 0 Å². The maximum absolute atomic E-state index is 12.3. The Bertz CT molecular complexity index is 579. The van der Waals surface area contributed by atoms with Crippen molar-refractivity contribution in [2.75, 3.05) is 19.6 Å². The number of sulfonamides is 1. The molecule has 2 rings (SSSR count). The molecule has 0 unspecified atom stereocenters. The standard InChI is InChI=1S/C15H26N2O5S/c1-11(2)23(21,22)16-8-6-15(7-9-16)5-4-13(18)17(10-15)12(3)14(19)20/h11-12H,4-10H2,1-3H3,(H,19,20)/t12-/m1/s1. The number of hydrogen-bond donors (Lipinski definition) is 1. The van der Waals surface area contributed by atoms with Gasteiger partial charge in [-0.25, -0.2) is 17.5 Å². The van der Waals surface area contributed by atoms with Crippen molar-refractivity contribution in [3.63, 3.8) is 0 Å². The highest BCUT2D eigenvalue weighted by Crippen LogP contribution is 2.41. The third-order valence-corrected chi connectivity index (χ3v) is 7.54. The summed E-state index contributed by atoms with van der Waals surface area (Å²) in [7, 11) is -3.25. The van der Waals surface area contributed by atoms with Crippen molar-refractivity contribution in [1.29, 1.82) is 0 Å². The lowest BCUT2D eigenvalue weighted by molar-refractivity contribution is -0.154. The van der Waals surface area contributed by atoms with Gasteiger partial charge in [-0.15, -0.1) is 0 Å². The lowest BCUT2D eigenvalue weighted by Crippen LogP contribution is -2.56. The maximum Gasteiger partial charge on any atom is 0.326 e. The van der Waals surface area contributed by atoms with Gasteiger partial charge in [0.25, 0.3) is 0 Å². The molecule has 0 aromatic carbocycles. The third-order valence-electron chi connectivity index (χ3n) is 5.26. The van der Waals surface area contributed by atoms with Crippen LogP contribution >= 0.6 is 0 Å². The number of amides is 1. The van der Waals surface area contributed by atoms with Gasteiger partial charge < -0.3 is 10.0 Å². The van der Waals surface area contributed by atoms with Gasteiger partial charge in [-0.1, -0.05) is 0 Å². The first-order chi connectivity index (χ1) is 10.6. The smallest absolute Gasteiger partial charge is 0.326 e. The summed E-state index contributed by atoms with van der Waals surface area (Å²) in [6, 6.07) is -0.836. The molecule has 0 aliphatic carbocycles. The molecule has 1 N–H and O–H groups in total. The van der Waals surface area contributed by atoms with E-state index in [4.69, 9.17) is 5.11 Å². The highest BCUT2D eigenvalue weighted by molar-refractivity contribution is 7.89. The molecule has 2 fully saturated rings. The van der Waals surface area contributed by atoms with Crippen LogP contribution in [0.1, 0.15) is 46.5 Å². The van der Waals surface area contributed by atoms with Crippen LogP contribution in [0.15, 0.2) is 0 Å². The second-order valence-electron chi connectivity index (χ2n) is 7.03. The molecule has 7 nitrogen and oxygen atoms in total. The molecule has 1 spiro atoms. The van der Waals surface area contributed by atoms with Gasteiger partial charge >= 0.3 is 5.97 Å². The molecular formula is C15H26N2O5S. The van der Waals surface area contributed by atoms with E-state index in [2.05, 4.69) is 0 Å². The zero-order valence-corrected chi connectivity index (χ0v) is 14.8. The fourth-order valence-electron chi connectivity index (χ4n) is 3.45. The third kappa shape index (κ3) is 3.52. The molecule has 0 aromatic rings. The van der Waals surface area contributed by atoms with Gasteiger partial charge in [-0.3, -0.25) is 4.79 Å². The van der Waals surface area contributed by atoms with Gasteiger partial charge in [0.1, 0.15) is 6.04 Å². The Hall–Kier alpha value is -1.15. The number of aliphatic carboxylic acids is 1. The molecule has 0 aromatic heterocycles. The minimum Gasteiger partial charge on any atom is -0.480 e. The van der Waals surface area contributed by atoms with Crippen LogP contribution < -0.4 is 0 Å². The lowest BCUT2D eigenvalue weighted by Gasteiger charge is -2.48. The van der Waals surface area contributed by atoms with E-state index in [1.165, 1.54) is 16.1 Å². The summed E-state index contributed by atoms with van der Waals surface area (Å²) in [6.07, 6.45) is 2.41. The molecule has 0 saturated carbocycles. The van der Waals surface area contributed by atoms with Crippen LogP contribution in [0.2, 0.25) is 0 Å². The summed E-state index contributed by atoms with van der Waals surface area (Å²) in [4.78, 5) is 24.7. The number of piperidine rings is 2. The predicted molar refractivity (Wildman–Crippen MR) is 85.3 cm³/mol. The Labute approximate surface area is 137 Å². The zero-order valence-electron chi connectivity index (χ0n) is 14.0. The number of carboxylic acid groups (broad SMARTS) is 1. The quantitative estimate of drug-likeness (QED) is 0.816. The number of nitrogens with zero attached hydrogens (tertiary/aromatic N) is 2. The Balaban J connectivity index is 2.08.